The summed E-state index contributed by atoms with van der Waals surface area (Å²) in [6.07, 6.45) is 0. The molecule has 0 bridgehead atoms. The van der Waals surface area contributed by atoms with Crippen molar-refractivity contribution < 1.29 is 9.53 Å². The molecule has 4 aromatic heterocycles. The molecular formula is C25H17N5O3S. The predicted molar refractivity (Wildman–Crippen MR) is 130 cm³/mol. The van der Waals surface area contributed by atoms with Gasteiger partial charge in [0, 0.05) is 12.4 Å². The van der Waals surface area contributed by atoms with Crippen molar-refractivity contribution in [3.8, 4) is 10.6 Å². The fraction of sp³-hybridized carbons (Fsp3) is 0.0800. The van der Waals surface area contributed by atoms with E-state index in [1.54, 1.807) is 41.0 Å². The highest BCUT2D eigenvalue weighted by Gasteiger charge is 2.19. The Morgan fingerprint density at radius 3 is 2.62 bits per heavy atom. The summed E-state index contributed by atoms with van der Waals surface area (Å²) in [4.78, 5) is 31.6. The smallest absolute Gasteiger partial charge is 0.339 e. The van der Waals surface area contributed by atoms with Crippen LogP contribution in [-0.2, 0) is 18.4 Å². The zero-order valence-electron chi connectivity index (χ0n) is 18.0. The predicted octanol–water partition coefficient (Wildman–Crippen LogP) is 4.21. The molecule has 6 aromatic rings. The number of carbonyl (C=O) groups is 1. The van der Waals surface area contributed by atoms with Crippen LogP contribution in [-0.4, -0.2) is 30.1 Å². The summed E-state index contributed by atoms with van der Waals surface area (Å²) in [7, 11) is 1.64. The topological polar surface area (TPSA) is 91.4 Å². The molecular weight excluding hydrogens is 450 g/mol. The van der Waals surface area contributed by atoms with Crippen LogP contribution in [0.3, 0.4) is 0 Å². The van der Waals surface area contributed by atoms with Crippen molar-refractivity contribution in [3.05, 3.63) is 93.9 Å². The summed E-state index contributed by atoms with van der Waals surface area (Å²) < 4.78 is 8.88. The third-order valence-corrected chi connectivity index (χ3v) is 6.63. The number of aryl methyl sites for hydroxylation is 1. The molecule has 0 amide bonds. The molecule has 0 aliphatic carbocycles. The molecule has 0 saturated carbocycles. The van der Waals surface area contributed by atoms with Gasteiger partial charge in [-0.1, -0.05) is 36.4 Å². The minimum absolute atomic E-state index is 0.104. The number of carbonyl (C=O) groups excluding carboxylic acids is 1. The number of ether oxygens (including phenoxy) is 1. The monoisotopic (exact) mass is 467 g/mol. The molecule has 34 heavy (non-hydrogen) atoms. The molecule has 0 fully saturated rings. The van der Waals surface area contributed by atoms with Gasteiger partial charge in [0.15, 0.2) is 12.4 Å². The molecule has 0 unspecified atom stereocenters. The van der Waals surface area contributed by atoms with Gasteiger partial charge in [-0.25, -0.2) is 9.78 Å². The van der Waals surface area contributed by atoms with E-state index in [4.69, 9.17) is 9.72 Å². The number of pyridine rings is 1. The van der Waals surface area contributed by atoms with E-state index in [0.29, 0.717) is 39.0 Å². The number of para-hydroxylation sites is 2. The number of fused-ring (bicyclic) bond motifs is 4. The summed E-state index contributed by atoms with van der Waals surface area (Å²) in [6, 6.07) is 20.4. The maximum Gasteiger partial charge on any atom is 0.339 e. The van der Waals surface area contributed by atoms with Crippen LogP contribution in [0, 0.1) is 0 Å². The zero-order valence-corrected chi connectivity index (χ0v) is 18.8. The number of benzene rings is 2. The number of nitrogens with zero attached hydrogens (tertiary/aromatic N) is 5. The highest BCUT2D eigenvalue weighted by Crippen LogP contribution is 2.28. The number of hydrogen-bond acceptors (Lipinski definition) is 7. The summed E-state index contributed by atoms with van der Waals surface area (Å²) >= 11 is 1.56. The van der Waals surface area contributed by atoms with Gasteiger partial charge in [0.2, 0.25) is 5.78 Å². The molecule has 0 N–H and O–H groups in total. The van der Waals surface area contributed by atoms with Gasteiger partial charge in [-0.3, -0.25) is 13.8 Å². The molecule has 0 spiro atoms. The number of rotatable bonds is 4. The first-order valence-corrected chi connectivity index (χ1v) is 11.4. The lowest BCUT2D eigenvalue weighted by Gasteiger charge is -2.10. The Hall–Kier alpha value is -4.37. The molecule has 9 heteroatoms. The van der Waals surface area contributed by atoms with Gasteiger partial charge in [-0.2, -0.15) is 0 Å². The van der Waals surface area contributed by atoms with Crippen molar-refractivity contribution in [1.82, 2.24) is 24.1 Å². The fourth-order valence-electron chi connectivity index (χ4n) is 4.09. The Morgan fingerprint density at radius 2 is 1.79 bits per heavy atom. The normalized spacial score (nSPS) is 11.4. The van der Waals surface area contributed by atoms with Crippen molar-refractivity contribution in [1.29, 1.82) is 0 Å². The lowest BCUT2D eigenvalue weighted by molar-refractivity contribution is 0.0464. The van der Waals surface area contributed by atoms with Crippen LogP contribution in [0.2, 0.25) is 0 Å². The minimum atomic E-state index is -0.484. The quantitative estimate of drug-likeness (QED) is 0.361. The Balaban J connectivity index is 1.40. The van der Waals surface area contributed by atoms with E-state index in [2.05, 4.69) is 10.2 Å². The molecule has 8 nitrogen and oxygen atoms in total. The van der Waals surface area contributed by atoms with Crippen molar-refractivity contribution in [2.24, 2.45) is 7.05 Å². The third kappa shape index (κ3) is 3.17. The minimum Gasteiger partial charge on any atom is -0.454 e. The van der Waals surface area contributed by atoms with E-state index in [0.717, 1.165) is 10.6 Å². The average Bonchev–Trinajstić information content (AvgIpc) is 3.56. The van der Waals surface area contributed by atoms with Crippen molar-refractivity contribution in [2.75, 3.05) is 0 Å². The number of hydrogen-bond donors (Lipinski definition) is 0. The molecule has 2 aromatic carbocycles. The van der Waals surface area contributed by atoms with Crippen LogP contribution < -0.4 is 5.56 Å². The molecule has 4 heterocycles. The lowest BCUT2D eigenvalue weighted by atomic mass is 10.1. The van der Waals surface area contributed by atoms with Gasteiger partial charge >= 0.3 is 5.97 Å². The van der Waals surface area contributed by atoms with Gasteiger partial charge in [0.1, 0.15) is 0 Å². The maximum atomic E-state index is 13.2. The highest BCUT2D eigenvalue weighted by atomic mass is 32.1. The van der Waals surface area contributed by atoms with E-state index >= 15 is 0 Å². The van der Waals surface area contributed by atoms with E-state index < -0.39 is 5.97 Å². The first kappa shape index (κ1) is 20.3. The lowest BCUT2D eigenvalue weighted by Crippen LogP contribution is -2.20. The molecule has 166 valence electrons. The Labute approximate surface area is 196 Å². The molecule has 0 radical (unpaired) electrons. The van der Waals surface area contributed by atoms with E-state index in [-0.39, 0.29) is 12.2 Å². The van der Waals surface area contributed by atoms with Crippen LogP contribution in [0.5, 0.6) is 0 Å². The molecule has 0 aliphatic rings. The largest absolute Gasteiger partial charge is 0.454 e. The van der Waals surface area contributed by atoms with Crippen molar-refractivity contribution in [2.45, 2.75) is 6.61 Å². The van der Waals surface area contributed by atoms with Gasteiger partial charge in [-0.15, -0.1) is 21.5 Å². The summed E-state index contributed by atoms with van der Waals surface area (Å²) in [5, 5.41) is 11.6. The summed E-state index contributed by atoms with van der Waals surface area (Å²) in [5.74, 6) is 0.318. The second-order valence-corrected chi connectivity index (χ2v) is 8.71. The molecule has 0 aliphatic heterocycles. The van der Waals surface area contributed by atoms with Crippen LogP contribution in [0.4, 0.5) is 0 Å². The van der Waals surface area contributed by atoms with Gasteiger partial charge in [-0.05, 0) is 35.7 Å². The van der Waals surface area contributed by atoms with Crippen LogP contribution in [0.25, 0.3) is 38.2 Å². The Morgan fingerprint density at radius 1 is 1.00 bits per heavy atom. The standard InChI is InChI=1S/C25H17N5O3S/c1-29-23(31)16-8-3-5-10-20(16)30-22(27-28-25(29)30)14-33-24(32)17-13-19(21-11-6-12-34-21)26-18-9-4-2-7-15(17)18/h2-13H,14H2,1H3. The van der Waals surface area contributed by atoms with Gasteiger partial charge < -0.3 is 4.74 Å². The second kappa shape index (κ2) is 7.89. The van der Waals surface area contributed by atoms with E-state index in [9.17, 15) is 9.59 Å². The van der Waals surface area contributed by atoms with Gasteiger partial charge in [0.25, 0.3) is 5.56 Å². The number of thiophene rings is 1. The Kier molecular flexibility index (Phi) is 4.70. The van der Waals surface area contributed by atoms with Crippen molar-refractivity contribution >= 4 is 44.9 Å². The SMILES string of the molecule is Cn1c(=O)c2ccccc2n2c(COC(=O)c3cc(-c4cccs4)nc4ccccc34)nnc12. The van der Waals surface area contributed by atoms with Crippen molar-refractivity contribution in [3.63, 3.8) is 0 Å². The molecule has 6 rings (SSSR count). The van der Waals surface area contributed by atoms with E-state index in [1.165, 1.54) is 4.57 Å². The Bertz CT molecular complexity index is 1770. The van der Waals surface area contributed by atoms with Crippen LogP contribution in [0.1, 0.15) is 16.2 Å². The second-order valence-electron chi connectivity index (χ2n) is 7.76. The van der Waals surface area contributed by atoms with Crippen LogP contribution >= 0.6 is 11.3 Å². The molecule has 0 atom stereocenters. The average molecular weight is 468 g/mol. The summed E-state index contributed by atoms with van der Waals surface area (Å²) in [5.41, 5.74) is 2.36. The first-order chi connectivity index (χ1) is 16.6. The zero-order chi connectivity index (χ0) is 23.2. The molecule has 0 saturated heterocycles. The first-order valence-electron chi connectivity index (χ1n) is 10.5. The van der Waals surface area contributed by atoms with E-state index in [1.807, 2.05) is 53.9 Å². The fourth-order valence-corrected chi connectivity index (χ4v) is 4.77. The highest BCUT2D eigenvalue weighted by molar-refractivity contribution is 7.13. The number of aromatic nitrogens is 5. The third-order valence-electron chi connectivity index (χ3n) is 5.74. The summed E-state index contributed by atoms with van der Waals surface area (Å²) in [6.45, 7) is -0.104. The maximum absolute atomic E-state index is 13.2. The van der Waals surface area contributed by atoms with Gasteiger partial charge in [0.05, 0.1) is 32.6 Å². The number of esters is 1. The van der Waals surface area contributed by atoms with Crippen LogP contribution in [0.15, 0.2) is 76.9 Å².